The van der Waals surface area contributed by atoms with Gasteiger partial charge in [-0.15, -0.1) is 0 Å². The van der Waals surface area contributed by atoms with Crippen molar-refractivity contribution in [3.05, 3.63) is 29.8 Å². The molecule has 0 bridgehead atoms. The van der Waals surface area contributed by atoms with Gasteiger partial charge in [0.2, 0.25) is 0 Å². The van der Waals surface area contributed by atoms with Gasteiger partial charge in [-0.05, 0) is 55.2 Å². The number of ether oxygens (including phenoxy) is 1. The largest absolute Gasteiger partial charge is 0.490 e. The quantitative estimate of drug-likeness (QED) is 0.891. The predicted molar refractivity (Wildman–Crippen MR) is 79.2 cm³/mol. The zero-order chi connectivity index (χ0) is 14.8. The fraction of sp³-hybridized carbons (Fsp3) is 0.588. The number of rotatable bonds is 3. The summed E-state index contributed by atoms with van der Waals surface area (Å²) < 4.78 is 5.94. The minimum atomic E-state index is -0.910. The standard InChI is InChI=1S/C17H24O3/c1-17(2,3)13-7-9-14(10-8-13)20-15-6-4-5-12(11-15)16(18)19/h4-6,11,13-14H,7-10H2,1-3H3,(H,18,19). The molecule has 0 aliphatic heterocycles. The average molecular weight is 276 g/mol. The summed E-state index contributed by atoms with van der Waals surface area (Å²) in [5.41, 5.74) is 0.652. The Balaban J connectivity index is 1.93. The molecule has 0 spiro atoms. The zero-order valence-corrected chi connectivity index (χ0v) is 12.6. The van der Waals surface area contributed by atoms with Crippen LogP contribution in [0.4, 0.5) is 0 Å². The second kappa shape index (κ2) is 5.86. The lowest BCUT2D eigenvalue weighted by atomic mass is 9.72. The van der Waals surface area contributed by atoms with Gasteiger partial charge in [-0.2, -0.15) is 0 Å². The highest BCUT2D eigenvalue weighted by Gasteiger charge is 2.30. The Kier molecular flexibility index (Phi) is 4.36. The molecule has 0 amide bonds. The maximum absolute atomic E-state index is 10.9. The lowest BCUT2D eigenvalue weighted by Gasteiger charge is -2.36. The summed E-state index contributed by atoms with van der Waals surface area (Å²) in [7, 11) is 0. The summed E-state index contributed by atoms with van der Waals surface area (Å²) in [6.45, 7) is 6.90. The predicted octanol–water partition coefficient (Wildman–Crippen LogP) is 4.37. The first-order chi connectivity index (χ1) is 9.36. The lowest BCUT2D eigenvalue weighted by molar-refractivity contribution is 0.0693. The molecule has 0 heterocycles. The van der Waals surface area contributed by atoms with E-state index in [9.17, 15) is 4.79 Å². The van der Waals surface area contributed by atoms with Crippen molar-refractivity contribution in [3.63, 3.8) is 0 Å². The van der Waals surface area contributed by atoms with Crippen molar-refractivity contribution in [3.8, 4) is 5.75 Å². The molecule has 3 nitrogen and oxygen atoms in total. The van der Waals surface area contributed by atoms with Crippen LogP contribution in [0.15, 0.2) is 24.3 Å². The van der Waals surface area contributed by atoms with E-state index in [4.69, 9.17) is 9.84 Å². The van der Waals surface area contributed by atoms with E-state index in [0.717, 1.165) is 18.8 Å². The van der Waals surface area contributed by atoms with E-state index in [1.165, 1.54) is 12.8 Å². The van der Waals surface area contributed by atoms with E-state index in [1.54, 1.807) is 18.2 Å². The van der Waals surface area contributed by atoms with Crippen LogP contribution in [0.5, 0.6) is 5.75 Å². The van der Waals surface area contributed by atoms with Gasteiger partial charge in [-0.1, -0.05) is 26.8 Å². The smallest absolute Gasteiger partial charge is 0.335 e. The summed E-state index contributed by atoms with van der Waals surface area (Å²) in [5.74, 6) is 0.517. The first-order valence-corrected chi connectivity index (χ1v) is 7.36. The van der Waals surface area contributed by atoms with Crippen LogP contribution in [0, 0.1) is 11.3 Å². The van der Waals surface area contributed by atoms with Crippen LogP contribution in [-0.2, 0) is 0 Å². The highest BCUT2D eigenvalue weighted by atomic mass is 16.5. The Bertz CT molecular complexity index is 465. The van der Waals surface area contributed by atoms with Crippen LogP contribution in [-0.4, -0.2) is 17.2 Å². The topological polar surface area (TPSA) is 46.5 Å². The molecular weight excluding hydrogens is 252 g/mol. The second-order valence-electron chi connectivity index (χ2n) is 6.79. The van der Waals surface area contributed by atoms with Gasteiger partial charge in [0.05, 0.1) is 11.7 Å². The van der Waals surface area contributed by atoms with Crippen molar-refractivity contribution >= 4 is 5.97 Å². The molecule has 3 heteroatoms. The van der Waals surface area contributed by atoms with E-state index in [2.05, 4.69) is 20.8 Å². The number of benzene rings is 1. The van der Waals surface area contributed by atoms with Gasteiger partial charge in [-0.3, -0.25) is 0 Å². The van der Waals surface area contributed by atoms with Gasteiger partial charge in [0.25, 0.3) is 0 Å². The van der Waals surface area contributed by atoms with Crippen LogP contribution in [0.3, 0.4) is 0 Å². The van der Waals surface area contributed by atoms with Crippen molar-refractivity contribution < 1.29 is 14.6 Å². The molecular formula is C17H24O3. The van der Waals surface area contributed by atoms with Crippen molar-refractivity contribution in [2.24, 2.45) is 11.3 Å². The van der Waals surface area contributed by atoms with Gasteiger partial charge < -0.3 is 9.84 Å². The van der Waals surface area contributed by atoms with Gasteiger partial charge in [0.1, 0.15) is 5.75 Å². The normalized spacial score (nSPS) is 23.4. The fourth-order valence-electron chi connectivity index (χ4n) is 2.94. The van der Waals surface area contributed by atoms with Crippen LogP contribution in [0.2, 0.25) is 0 Å². The van der Waals surface area contributed by atoms with E-state index in [-0.39, 0.29) is 11.7 Å². The molecule has 1 saturated carbocycles. The molecule has 0 aromatic heterocycles. The Labute approximate surface area is 121 Å². The van der Waals surface area contributed by atoms with E-state index < -0.39 is 5.97 Å². The number of carbonyl (C=O) groups is 1. The SMILES string of the molecule is CC(C)(C)C1CCC(Oc2cccc(C(=O)O)c2)CC1. The average Bonchev–Trinajstić information content (AvgIpc) is 2.38. The third-order valence-electron chi connectivity index (χ3n) is 4.28. The molecule has 0 unspecified atom stereocenters. The number of hydrogen-bond acceptors (Lipinski definition) is 2. The van der Waals surface area contributed by atoms with Crippen molar-refractivity contribution in [2.45, 2.75) is 52.6 Å². The van der Waals surface area contributed by atoms with Gasteiger partial charge >= 0.3 is 5.97 Å². The molecule has 1 aromatic carbocycles. The monoisotopic (exact) mass is 276 g/mol. The van der Waals surface area contributed by atoms with E-state index in [0.29, 0.717) is 11.2 Å². The minimum absolute atomic E-state index is 0.220. The Morgan fingerprint density at radius 1 is 1.20 bits per heavy atom. The molecule has 1 fully saturated rings. The van der Waals surface area contributed by atoms with Crippen LogP contribution >= 0.6 is 0 Å². The molecule has 0 atom stereocenters. The summed E-state index contributed by atoms with van der Waals surface area (Å²) in [5, 5.41) is 8.98. The number of aromatic carboxylic acids is 1. The number of hydrogen-bond donors (Lipinski definition) is 1. The maximum atomic E-state index is 10.9. The lowest BCUT2D eigenvalue weighted by Crippen LogP contribution is -2.30. The number of carboxylic acids is 1. The second-order valence-corrected chi connectivity index (χ2v) is 6.79. The van der Waals surface area contributed by atoms with Crippen molar-refractivity contribution in [2.75, 3.05) is 0 Å². The third kappa shape index (κ3) is 3.75. The van der Waals surface area contributed by atoms with Gasteiger partial charge in [0, 0.05) is 0 Å². The highest BCUT2D eigenvalue weighted by Crippen LogP contribution is 2.38. The van der Waals surface area contributed by atoms with E-state index >= 15 is 0 Å². The number of carboxylic acid groups (broad SMARTS) is 1. The Hall–Kier alpha value is -1.51. The third-order valence-corrected chi connectivity index (χ3v) is 4.28. The van der Waals surface area contributed by atoms with Gasteiger partial charge in [-0.25, -0.2) is 4.79 Å². The van der Waals surface area contributed by atoms with Gasteiger partial charge in [0.15, 0.2) is 0 Å². The van der Waals surface area contributed by atoms with Crippen molar-refractivity contribution in [1.82, 2.24) is 0 Å². The Morgan fingerprint density at radius 3 is 2.40 bits per heavy atom. The van der Waals surface area contributed by atoms with Crippen LogP contribution in [0.25, 0.3) is 0 Å². The summed E-state index contributed by atoms with van der Waals surface area (Å²) in [4.78, 5) is 10.9. The molecule has 0 saturated heterocycles. The maximum Gasteiger partial charge on any atom is 0.335 e. The molecule has 110 valence electrons. The molecule has 0 radical (unpaired) electrons. The summed E-state index contributed by atoms with van der Waals surface area (Å²) in [6.07, 6.45) is 4.70. The van der Waals surface area contributed by atoms with Crippen molar-refractivity contribution in [1.29, 1.82) is 0 Å². The van der Waals surface area contributed by atoms with Crippen LogP contribution in [0.1, 0.15) is 56.8 Å². The first-order valence-electron chi connectivity index (χ1n) is 7.36. The summed E-state index contributed by atoms with van der Waals surface area (Å²) in [6, 6.07) is 6.77. The van der Waals surface area contributed by atoms with Crippen LogP contribution < -0.4 is 4.74 Å². The summed E-state index contributed by atoms with van der Waals surface area (Å²) >= 11 is 0. The minimum Gasteiger partial charge on any atom is -0.490 e. The molecule has 20 heavy (non-hydrogen) atoms. The highest BCUT2D eigenvalue weighted by molar-refractivity contribution is 5.87. The first kappa shape index (κ1) is 14.9. The molecule has 2 rings (SSSR count). The zero-order valence-electron chi connectivity index (χ0n) is 12.6. The molecule has 1 N–H and O–H groups in total. The fourth-order valence-corrected chi connectivity index (χ4v) is 2.94. The molecule has 1 aliphatic rings. The molecule has 1 aliphatic carbocycles. The Morgan fingerprint density at radius 2 is 1.85 bits per heavy atom. The van der Waals surface area contributed by atoms with E-state index in [1.807, 2.05) is 6.07 Å². The molecule has 1 aromatic rings.